The molecule has 2 atom stereocenters. The molecule has 4 heteroatoms. The van der Waals surface area contributed by atoms with Crippen LogP contribution in [0.5, 0.6) is 0 Å². The van der Waals surface area contributed by atoms with Gasteiger partial charge in [0.05, 0.1) is 6.04 Å². The van der Waals surface area contributed by atoms with Crippen molar-refractivity contribution >= 4 is 16.9 Å². The molecular weight excluding hydrogens is 300 g/mol. The number of benzene rings is 2. The van der Waals surface area contributed by atoms with Crippen molar-refractivity contribution in [2.24, 2.45) is 0 Å². The van der Waals surface area contributed by atoms with Crippen molar-refractivity contribution in [3.8, 4) is 0 Å². The third-order valence-electron chi connectivity index (χ3n) is 4.95. The number of hydrogen-bond donors (Lipinski definition) is 3. The molecular formula is C20H20N2O2. The van der Waals surface area contributed by atoms with Crippen molar-refractivity contribution in [2.75, 3.05) is 0 Å². The summed E-state index contributed by atoms with van der Waals surface area (Å²) in [6, 6.07) is 13.7. The number of aryl methyl sites for hydroxylation is 2. The number of para-hydroxylation sites is 1. The van der Waals surface area contributed by atoms with Gasteiger partial charge in [0.2, 0.25) is 0 Å². The summed E-state index contributed by atoms with van der Waals surface area (Å²) in [5.41, 5.74) is 6.76. The second-order valence-electron chi connectivity index (χ2n) is 6.62. The van der Waals surface area contributed by atoms with Gasteiger partial charge in [-0.25, -0.2) is 0 Å². The summed E-state index contributed by atoms with van der Waals surface area (Å²) in [7, 11) is 0. The van der Waals surface area contributed by atoms with Gasteiger partial charge in [0.25, 0.3) is 0 Å². The van der Waals surface area contributed by atoms with Gasteiger partial charge in [-0.15, -0.1) is 0 Å². The normalized spacial score (nSPS) is 20.1. The average Bonchev–Trinajstić information content (AvgIpc) is 2.93. The topological polar surface area (TPSA) is 65.1 Å². The van der Waals surface area contributed by atoms with Crippen molar-refractivity contribution in [3.63, 3.8) is 0 Å². The number of carboxylic acids is 1. The Hall–Kier alpha value is -2.59. The second-order valence-corrected chi connectivity index (χ2v) is 6.62. The maximum atomic E-state index is 11.7. The third-order valence-corrected chi connectivity index (χ3v) is 4.95. The van der Waals surface area contributed by atoms with E-state index in [1.165, 1.54) is 11.1 Å². The smallest absolute Gasteiger partial charge is 0.321 e. The standard InChI is InChI=1S/C20H20N2O2/c1-11-7-8-13(12(2)9-11)18-19-15(10-17(22-18)20(23)24)14-5-3-4-6-16(14)21-19/h3-9,17-18,21-22H,10H2,1-2H3,(H,23,24)/t17-,18+/m0/s1. The number of aliphatic carboxylic acids is 1. The molecule has 0 fully saturated rings. The Morgan fingerprint density at radius 2 is 1.96 bits per heavy atom. The first-order valence-electron chi connectivity index (χ1n) is 8.20. The number of H-pyrrole nitrogens is 1. The molecule has 0 radical (unpaired) electrons. The zero-order chi connectivity index (χ0) is 16.8. The van der Waals surface area contributed by atoms with Crippen molar-refractivity contribution < 1.29 is 9.90 Å². The molecule has 0 unspecified atom stereocenters. The van der Waals surface area contributed by atoms with Crippen LogP contribution in [0.1, 0.15) is 34.0 Å². The summed E-state index contributed by atoms with van der Waals surface area (Å²) in [4.78, 5) is 15.2. The fourth-order valence-electron chi connectivity index (χ4n) is 3.79. The summed E-state index contributed by atoms with van der Waals surface area (Å²) in [5, 5.41) is 14.0. The monoisotopic (exact) mass is 320 g/mol. The number of hydrogen-bond acceptors (Lipinski definition) is 2. The van der Waals surface area contributed by atoms with E-state index < -0.39 is 12.0 Å². The Balaban J connectivity index is 1.92. The van der Waals surface area contributed by atoms with Crippen molar-refractivity contribution in [2.45, 2.75) is 32.4 Å². The van der Waals surface area contributed by atoms with Gasteiger partial charge in [0.1, 0.15) is 6.04 Å². The van der Waals surface area contributed by atoms with Crippen molar-refractivity contribution in [1.29, 1.82) is 0 Å². The van der Waals surface area contributed by atoms with E-state index in [9.17, 15) is 9.90 Å². The van der Waals surface area contributed by atoms with Gasteiger partial charge in [-0.3, -0.25) is 10.1 Å². The van der Waals surface area contributed by atoms with Gasteiger partial charge in [0, 0.05) is 23.0 Å². The van der Waals surface area contributed by atoms with Gasteiger partial charge < -0.3 is 10.1 Å². The molecule has 0 saturated heterocycles. The van der Waals surface area contributed by atoms with Gasteiger partial charge in [-0.1, -0.05) is 42.0 Å². The minimum absolute atomic E-state index is 0.136. The lowest BCUT2D eigenvalue weighted by atomic mass is 9.88. The molecule has 122 valence electrons. The molecule has 1 aliphatic rings. The van der Waals surface area contributed by atoms with Crippen LogP contribution >= 0.6 is 0 Å². The molecule has 0 saturated carbocycles. The lowest BCUT2D eigenvalue weighted by molar-refractivity contribution is -0.139. The molecule has 1 aliphatic heterocycles. The van der Waals surface area contributed by atoms with Crippen LogP contribution in [0.25, 0.3) is 10.9 Å². The Bertz CT molecular complexity index is 942. The molecule has 24 heavy (non-hydrogen) atoms. The minimum Gasteiger partial charge on any atom is -0.480 e. The number of rotatable bonds is 2. The molecule has 2 heterocycles. The summed E-state index contributed by atoms with van der Waals surface area (Å²) >= 11 is 0. The average molecular weight is 320 g/mol. The number of aromatic amines is 1. The Labute approximate surface area is 140 Å². The van der Waals surface area contributed by atoms with Gasteiger partial charge in [-0.2, -0.15) is 0 Å². The summed E-state index contributed by atoms with van der Waals surface area (Å²) in [6.07, 6.45) is 0.496. The SMILES string of the molecule is Cc1ccc([C@H]2N[C@H](C(=O)O)Cc3c2[nH]c2ccccc32)c(C)c1. The van der Waals surface area contributed by atoms with E-state index in [1.807, 2.05) is 18.2 Å². The molecule has 2 aromatic carbocycles. The molecule has 0 aliphatic carbocycles. The number of fused-ring (bicyclic) bond motifs is 3. The van der Waals surface area contributed by atoms with Crippen LogP contribution in [0, 0.1) is 13.8 Å². The van der Waals surface area contributed by atoms with Gasteiger partial charge >= 0.3 is 5.97 Å². The van der Waals surface area contributed by atoms with Crippen LogP contribution in [0.2, 0.25) is 0 Å². The van der Waals surface area contributed by atoms with Crippen molar-refractivity contribution in [3.05, 3.63) is 70.4 Å². The van der Waals surface area contributed by atoms with E-state index in [0.717, 1.165) is 27.7 Å². The van der Waals surface area contributed by atoms with Crippen LogP contribution < -0.4 is 5.32 Å². The number of carbonyl (C=O) groups is 1. The van der Waals surface area contributed by atoms with E-state index in [4.69, 9.17) is 0 Å². The lowest BCUT2D eigenvalue weighted by Gasteiger charge is -2.30. The molecule has 0 amide bonds. The minimum atomic E-state index is -0.805. The van der Waals surface area contributed by atoms with Crippen molar-refractivity contribution in [1.82, 2.24) is 10.3 Å². The number of aromatic nitrogens is 1. The number of carboxylic acid groups (broad SMARTS) is 1. The zero-order valence-corrected chi connectivity index (χ0v) is 13.8. The third kappa shape index (κ3) is 2.31. The molecule has 3 aromatic rings. The highest BCUT2D eigenvalue weighted by atomic mass is 16.4. The van der Waals surface area contributed by atoms with Crippen LogP contribution in [-0.4, -0.2) is 22.1 Å². The maximum Gasteiger partial charge on any atom is 0.321 e. The molecule has 3 N–H and O–H groups in total. The molecule has 4 rings (SSSR count). The predicted octanol–water partition coefficient (Wildman–Crippen LogP) is 3.47. The Morgan fingerprint density at radius 3 is 2.71 bits per heavy atom. The summed E-state index contributed by atoms with van der Waals surface area (Å²) in [6.45, 7) is 4.15. The lowest BCUT2D eigenvalue weighted by Crippen LogP contribution is -2.45. The highest BCUT2D eigenvalue weighted by Crippen LogP contribution is 2.36. The number of nitrogens with one attached hydrogen (secondary N) is 2. The predicted molar refractivity (Wildman–Crippen MR) is 94.3 cm³/mol. The summed E-state index contributed by atoms with van der Waals surface area (Å²) in [5.74, 6) is -0.805. The quantitative estimate of drug-likeness (QED) is 0.677. The second kappa shape index (κ2) is 5.49. The molecule has 1 aromatic heterocycles. The highest BCUT2D eigenvalue weighted by Gasteiger charge is 2.34. The maximum absolute atomic E-state index is 11.7. The van der Waals surface area contributed by atoms with E-state index in [1.54, 1.807) is 0 Å². The Kier molecular flexibility index (Phi) is 3.43. The molecule has 0 spiro atoms. The fraction of sp³-hybridized carbons (Fsp3) is 0.250. The van der Waals surface area contributed by atoms with Crippen LogP contribution in [0.3, 0.4) is 0 Å². The highest BCUT2D eigenvalue weighted by molar-refractivity contribution is 5.87. The Morgan fingerprint density at radius 1 is 1.17 bits per heavy atom. The van der Waals surface area contributed by atoms with E-state index in [-0.39, 0.29) is 6.04 Å². The van der Waals surface area contributed by atoms with E-state index in [2.05, 4.69) is 48.4 Å². The van der Waals surface area contributed by atoms with E-state index in [0.29, 0.717) is 6.42 Å². The first-order chi connectivity index (χ1) is 11.5. The van der Waals surface area contributed by atoms with E-state index >= 15 is 0 Å². The fourth-order valence-corrected chi connectivity index (χ4v) is 3.79. The first kappa shape index (κ1) is 15.0. The van der Waals surface area contributed by atoms with Gasteiger partial charge in [0.15, 0.2) is 0 Å². The van der Waals surface area contributed by atoms with Crippen LogP contribution in [0.4, 0.5) is 0 Å². The summed E-state index contributed by atoms with van der Waals surface area (Å²) < 4.78 is 0. The zero-order valence-electron chi connectivity index (χ0n) is 13.8. The molecule has 0 bridgehead atoms. The van der Waals surface area contributed by atoms with Gasteiger partial charge in [-0.05, 0) is 36.6 Å². The van der Waals surface area contributed by atoms with Crippen LogP contribution in [-0.2, 0) is 11.2 Å². The largest absolute Gasteiger partial charge is 0.480 e. The van der Waals surface area contributed by atoms with Crippen LogP contribution in [0.15, 0.2) is 42.5 Å². The molecule has 4 nitrogen and oxygen atoms in total. The first-order valence-corrected chi connectivity index (χ1v) is 8.20.